The number of nitrogens with zero attached hydrogens (tertiary/aromatic N) is 1. The highest BCUT2D eigenvalue weighted by Gasteiger charge is 2.15. The number of rotatable bonds is 6. The fourth-order valence-corrected chi connectivity index (χ4v) is 2.06. The number of anilines is 2. The Hall–Kier alpha value is -3.44. The average molecular weight is 357 g/mol. The third-order valence-corrected chi connectivity index (χ3v) is 3.37. The molecule has 0 atom stereocenters. The van der Waals surface area contributed by atoms with Crippen molar-refractivity contribution in [3.05, 3.63) is 58.9 Å². The van der Waals surface area contributed by atoms with E-state index in [4.69, 9.17) is 10.1 Å². The van der Waals surface area contributed by atoms with Gasteiger partial charge in [0.2, 0.25) is 0 Å². The molecule has 0 aromatic heterocycles. The van der Waals surface area contributed by atoms with Crippen molar-refractivity contribution in [2.75, 3.05) is 19.0 Å². The summed E-state index contributed by atoms with van der Waals surface area (Å²) in [6.45, 7) is 1.29. The number of methoxy groups -OCH3 is 1. The van der Waals surface area contributed by atoms with Crippen molar-refractivity contribution < 1.29 is 23.6 Å². The first-order valence-corrected chi connectivity index (χ1v) is 7.51. The zero-order valence-electron chi connectivity index (χ0n) is 14.1. The number of amides is 1. The Labute approximate surface area is 149 Å². The molecule has 0 saturated heterocycles. The number of hydroxylamine groups is 1. The summed E-state index contributed by atoms with van der Waals surface area (Å²) < 4.78 is 18.5. The van der Waals surface area contributed by atoms with Gasteiger partial charge in [0.25, 0.3) is 5.91 Å². The number of benzene rings is 2. The predicted molar refractivity (Wildman–Crippen MR) is 91.0 cm³/mol. The number of nitriles is 1. The van der Waals surface area contributed by atoms with E-state index in [1.165, 1.54) is 37.4 Å². The summed E-state index contributed by atoms with van der Waals surface area (Å²) in [7, 11) is 1.19. The molecule has 1 amide bonds. The largest absolute Gasteiger partial charge is 0.467 e. The number of halogens is 1. The van der Waals surface area contributed by atoms with Crippen LogP contribution in [0.2, 0.25) is 0 Å². The van der Waals surface area contributed by atoms with Gasteiger partial charge in [-0.15, -0.1) is 0 Å². The number of carbonyl (C=O) groups excluding carboxylic acids is 2. The van der Waals surface area contributed by atoms with Crippen LogP contribution in [-0.4, -0.2) is 25.6 Å². The van der Waals surface area contributed by atoms with Crippen molar-refractivity contribution in [1.82, 2.24) is 5.48 Å². The van der Waals surface area contributed by atoms with Crippen LogP contribution < -0.4 is 10.8 Å². The minimum atomic E-state index is -0.673. The van der Waals surface area contributed by atoms with E-state index in [1.807, 2.05) is 6.07 Å². The molecule has 0 fully saturated rings. The maximum Gasteiger partial charge on any atom is 0.334 e. The molecule has 2 N–H and O–H groups in total. The van der Waals surface area contributed by atoms with Gasteiger partial charge >= 0.3 is 5.97 Å². The standard InChI is InChI=1S/C18H16FN3O4/c1-11-3-6-15(14(19)7-11)21-16-8-12(9-20)4-5-13(16)18(24)22-26-10-17(23)25-2/h3-8,21H,10H2,1-2H3,(H,22,24). The van der Waals surface area contributed by atoms with E-state index in [0.29, 0.717) is 0 Å². The summed E-state index contributed by atoms with van der Waals surface area (Å²) in [5.41, 5.74) is 3.59. The SMILES string of the molecule is COC(=O)CONC(=O)c1ccc(C#N)cc1Nc1ccc(C)cc1F. The van der Waals surface area contributed by atoms with Gasteiger partial charge in [0.1, 0.15) is 5.82 Å². The van der Waals surface area contributed by atoms with Crippen LogP contribution in [-0.2, 0) is 14.4 Å². The van der Waals surface area contributed by atoms with E-state index < -0.39 is 24.3 Å². The normalized spacial score (nSPS) is 9.92. The lowest BCUT2D eigenvalue weighted by molar-refractivity contribution is -0.147. The Kier molecular flexibility index (Phi) is 6.25. The molecule has 0 bridgehead atoms. The van der Waals surface area contributed by atoms with E-state index >= 15 is 0 Å². The molecule has 7 nitrogen and oxygen atoms in total. The third-order valence-electron chi connectivity index (χ3n) is 3.37. The molecule has 8 heteroatoms. The summed E-state index contributed by atoms with van der Waals surface area (Å²) >= 11 is 0. The van der Waals surface area contributed by atoms with Crippen molar-refractivity contribution in [2.45, 2.75) is 6.92 Å². The van der Waals surface area contributed by atoms with Gasteiger partial charge in [-0.1, -0.05) is 6.07 Å². The van der Waals surface area contributed by atoms with Gasteiger partial charge < -0.3 is 10.1 Å². The second kappa shape index (κ2) is 8.60. The quantitative estimate of drug-likeness (QED) is 0.609. The molecule has 0 spiro atoms. The first kappa shape index (κ1) is 18.9. The Morgan fingerprint density at radius 2 is 1.96 bits per heavy atom. The Balaban J connectivity index is 2.25. The van der Waals surface area contributed by atoms with Crippen molar-refractivity contribution >= 4 is 23.3 Å². The zero-order valence-corrected chi connectivity index (χ0v) is 14.1. The highest BCUT2D eigenvalue weighted by Crippen LogP contribution is 2.25. The van der Waals surface area contributed by atoms with Gasteiger partial charge in [0, 0.05) is 0 Å². The van der Waals surface area contributed by atoms with Gasteiger partial charge in [0.05, 0.1) is 35.7 Å². The number of hydrogen-bond donors (Lipinski definition) is 2. The van der Waals surface area contributed by atoms with E-state index in [2.05, 4.69) is 15.5 Å². The number of esters is 1. The van der Waals surface area contributed by atoms with Crippen LogP contribution in [0.3, 0.4) is 0 Å². The molecule has 0 aliphatic carbocycles. The summed E-state index contributed by atoms with van der Waals surface area (Å²) in [6.07, 6.45) is 0. The van der Waals surface area contributed by atoms with E-state index in [9.17, 15) is 14.0 Å². The molecule has 0 heterocycles. The fourth-order valence-electron chi connectivity index (χ4n) is 2.06. The van der Waals surface area contributed by atoms with Crippen LogP contribution in [0.25, 0.3) is 0 Å². The minimum absolute atomic E-state index is 0.105. The van der Waals surface area contributed by atoms with Crippen LogP contribution in [0, 0.1) is 24.1 Å². The molecule has 26 heavy (non-hydrogen) atoms. The van der Waals surface area contributed by atoms with Crippen LogP contribution in [0.15, 0.2) is 36.4 Å². The summed E-state index contributed by atoms with van der Waals surface area (Å²) in [5, 5.41) is 11.8. The van der Waals surface area contributed by atoms with Gasteiger partial charge in [-0.05, 0) is 42.8 Å². The topological polar surface area (TPSA) is 100 Å². The highest BCUT2D eigenvalue weighted by atomic mass is 19.1. The van der Waals surface area contributed by atoms with Crippen LogP contribution in [0.1, 0.15) is 21.5 Å². The van der Waals surface area contributed by atoms with Crippen molar-refractivity contribution in [1.29, 1.82) is 5.26 Å². The monoisotopic (exact) mass is 357 g/mol. The average Bonchev–Trinajstić information content (AvgIpc) is 2.63. The maximum absolute atomic E-state index is 14.1. The van der Waals surface area contributed by atoms with Gasteiger partial charge in [0.15, 0.2) is 6.61 Å². The lowest BCUT2D eigenvalue weighted by Gasteiger charge is -2.13. The lowest BCUT2D eigenvalue weighted by atomic mass is 10.1. The number of aryl methyl sites for hydroxylation is 1. The first-order chi connectivity index (χ1) is 12.4. The Bertz CT molecular complexity index is 877. The molecule has 0 unspecified atom stereocenters. The molecule has 2 aromatic rings. The van der Waals surface area contributed by atoms with Gasteiger partial charge in [-0.25, -0.2) is 14.7 Å². The molecule has 134 valence electrons. The number of hydrogen-bond acceptors (Lipinski definition) is 6. The molecule has 0 radical (unpaired) electrons. The van der Waals surface area contributed by atoms with Crippen LogP contribution in [0.4, 0.5) is 15.8 Å². The first-order valence-electron chi connectivity index (χ1n) is 7.51. The Morgan fingerprint density at radius 1 is 1.19 bits per heavy atom. The number of nitrogens with one attached hydrogen (secondary N) is 2. The smallest absolute Gasteiger partial charge is 0.334 e. The Morgan fingerprint density at radius 3 is 2.62 bits per heavy atom. The summed E-state index contributed by atoms with van der Waals surface area (Å²) in [6, 6.07) is 10.8. The molecule has 0 saturated carbocycles. The fraction of sp³-hybridized carbons (Fsp3) is 0.167. The second-order valence-corrected chi connectivity index (χ2v) is 5.28. The van der Waals surface area contributed by atoms with Crippen molar-refractivity contribution in [2.24, 2.45) is 0 Å². The van der Waals surface area contributed by atoms with Gasteiger partial charge in [-0.3, -0.25) is 9.63 Å². The third kappa shape index (κ3) is 4.78. The summed E-state index contributed by atoms with van der Waals surface area (Å²) in [5.74, 6) is -1.83. The number of carbonyl (C=O) groups is 2. The van der Waals surface area contributed by atoms with Crippen molar-refractivity contribution in [3.8, 4) is 6.07 Å². The van der Waals surface area contributed by atoms with Crippen LogP contribution >= 0.6 is 0 Å². The maximum atomic E-state index is 14.1. The van der Waals surface area contributed by atoms with Gasteiger partial charge in [-0.2, -0.15) is 5.26 Å². The van der Waals surface area contributed by atoms with E-state index in [0.717, 1.165) is 5.56 Å². The minimum Gasteiger partial charge on any atom is -0.467 e. The van der Waals surface area contributed by atoms with E-state index in [-0.39, 0.29) is 22.5 Å². The number of ether oxygens (including phenoxy) is 1. The predicted octanol–water partition coefficient (Wildman–Crippen LogP) is 2.58. The summed E-state index contributed by atoms with van der Waals surface area (Å²) in [4.78, 5) is 28.0. The molecule has 2 aromatic carbocycles. The van der Waals surface area contributed by atoms with Crippen LogP contribution in [0.5, 0.6) is 0 Å². The second-order valence-electron chi connectivity index (χ2n) is 5.28. The lowest BCUT2D eigenvalue weighted by Crippen LogP contribution is -2.27. The molecule has 0 aliphatic rings. The van der Waals surface area contributed by atoms with E-state index in [1.54, 1.807) is 13.0 Å². The molecule has 0 aliphatic heterocycles. The zero-order chi connectivity index (χ0) is 19.1. The molecule has 2 rings (SSSR count). The van der Waals surface area contributed by atoms with Crippen molar-refractivity contribution in [3.63, 3.8) is 0 Å². The molecular weight excluding hydrogens is 341 g/mol. The molecular formula is C18H16FN3O4. The highest BCUT2D eigenvalue weighted by molar-refractivity contribution is 6.00.